The van der Waals surface area contributed by atoms with E-state index in [0.717, 1.165) is 86.4 Å². The molecule has 2 amide bonds. The Hall–Kier alpha value is -1.80. The molecule has 2 saturated carbocycles. The van der Waals surface area contributed by atoms with E-state index in [1.165, 1.54) is 12.8 Å². The van der Waals surface area contributed by atoms with Crippen molar-refractivity contribution in [3.63, 3.8) is 0 Å². The van der Waals surface area contributed by atoms with Crippen LogP contribution in [0.3, 0.4) is 0 Å². The molecular weight excluding hydrogens is 801 g/mol. The summed E-state index contributed by atoms with van der Waals surface area (Å²) in [4.78, 5) is 50.6. The molecule has 0 spiro atoms. The largest absolute Gasteiger partial charge is 0.533 e. The lowest BCUT2D eigenvalue weighted by atomic mass is 10.1. The maximum absolute atomic E-state index is 11.8. The highest BCUT2D eigenvalue weighted by molar-refractivity contribution is 8.77. The van der Waals surface area contributed by atoms with E-state index >= 15 is 0 Å². The number of aliphatic hydroxyl groups excluding tert-OH is 2. The number of hydrogen-bond donors (Lipinski definition) is 3. The van der Waals surface area contributed by atoms with Gasteiger partial charge >= 0.3 is 12.1 Å². The molecule has 1 saturated heterocycles. The van der Waals surface area contributed by atoms with Crippen LogP contribution in [-0.4, -0.2) is 122 Å². The Kier molecular flexibility index (Phi) is 26.3. The predicted octanol–water partition coefficient (Wildman–Crippen LogP) is 5.12. The molecule has 0 aromatic heterocycles. The number of carbonyl (C=O) groups is 4. The number of amides is 2. The molecule has 4 atom stereocenters. The van der Waals surface area contributed by atoms with Crippen molar-refractivity contribution in [3.05, 3.63) is 0 Å². The van der Waals surface area contributed by atoms with Crippen LogP contribution in [-0.2, 0) is 38.2 Å². The Morgan fingerprint density at radius 2 is 1.11 bits per heavy atom. The van der Waals surface area contributed by atoms with Crippen molar-refractivity contribution >= 4 is 67.1 Å². The van der Waals surface area contributed by atoms with Gasteiger partial charge in [-0.1, -0.05) is 48.2 Å². The van der Waals surface area contributed by atoms with Crippen molar-refractivity contribution in [2.45, 2.75) is 77.0 Å². The smallest absolute Gasteiger partial charge is 0.465 e. The molecule has 13 nitrogen and oxygen atoms in total. The molecular formula is C39H60N2O11S4. The topological polar surface area (TPSA) is 184 Å². The SMILES string of the molecule is NCCOCCSSCCO.O=C(CCCOCCSSCCO)OCC1C2CCC#CCCC21.O=C(OCC1C2CCC#CCCC21)ON1C(=O)CCC1=O. The van der Waals surface area contributed by atoms with Crippen LogP contribution in [0.4, 0.5) is 4.79 Å². The van der Waals surface area contributed by atoms with Crippen LogP contribution >= 0.6 is 43.2 Å². The monoisotopic (exact) mass is 860 g/mol. The molecule has 5 aliphatic rings. The number of esters is 1. The van der Waals surface area contributed by atoms with Crippen molar-refractivity contribution in [1.29, 1.82) is 0 Å². The van der Waals surface area contributed by atoms with Crippen LogP contribution in [0.5, 0.6) is 0 Å². The third kappa shape index (κ3) is 20.3. The summed E-state index contributed by atoms with van der Waals surface area (Å²) in [7, 11) is 6.74. The van der Waals surface area contributed by atoms with Crippen LogP contribution in [0, 0.1) is 59.2 Å². The van der Waals surface area contributed by atoms with Gasteiger partial charge in [-0.15, -0.1) is 23.7 Å². The van der Waals surface area contributed by atoms with E-state index in [2.05, 4.69) is 28.5 Å². The lowest BCUT2D eigenvalue weighted by molar-refractivity contribution is -0.177. The second kappa shape index (κ2) is 30.3. The van der Waals surface area contributed by atoms with Crippen molar-refractivity contribution in [2.24, 2.45) is 41.2 Å². The third-order valence-electron chi connectivity index (χ3n) is 9.75. The van der Waals surface area contributed by atoms with Gasteiger partial charge < -0.3 is 34.9 Å². The van der Waals surface area contributed by atoms with Crippen molar-refractivity contribution < 1.29 is 53.2 Å². The zero-order valence-corrected chi connectivity index (χ0v) is 35.6. The highest BCUT2D eigenvalue weighted by Gasteiger charge is 2.50. The number of hydroxylamine groups is 2. The van der Waals surface area contributed by atoms with E-state index in [9.17, 15) is 19.2 Å². The first-order valence-electron chi connectivity index (χ1n) is 19.7. The van der Waals surface area contributed by atoms with Gasteiger partial charge in [0.15, 0.2) is 0 Å². The summed E-state index contributed by atoms with van der Waals surface area (Å²) in [5, 5.41) is 17.6. The summed E-state index contributed by atoms with van der Waals surface area (Å²) in [6.45, 7) is 4.62. The minimum atomic E-state index is -0.978. The lowest BCUT2D eigenvalue weighted by Crippen LogP contribution is -2.32. The molecule has 4 aliphatic carbocycles. The number of imide groups is 1. The normalized spacial score (nSPS) is 24.2. The van der Waals surface area contributed by atoms with Gasteiger partial charge in [-0.2, -0.15) is 0 Å². The summed E-state index contributed by atoms with van der Waals surface area (Å²) in [6.07, 6.45) is 8.58. The fourth-order valence-corrected chi connectivity index (χ4v) is 10.1. The van der Waals surface area contributed by atoms with Gasteiger partial charge in [-0.05, 0) is 67.6 Å². The molecule has 1 aliphatic heterocycles. The second-order valence-electron chi connectivity index (χ2n) is 13.6. The summed E-state index contributed by atoms with van der Waals surface area (Å²) in [6, 6.07) is 0. The van der Waals surface area contributed by atoms with Crippen molar-refractivity contribution in [3.8, 4) is 23.7 Å². The van der Waals surface area contributed by atoms with Crippen LogP contribution in [0.25, 0.3) is 0 Å². The quantitative estimate of drug-likeness (QED) is 0.0404. The van der Waals surface area contributed by atoms with Gasteiger partial charge in [0.1, 0.15) is 0 Å². The summed E-state index contributed by atoms with van der Waals surface area (Å²) >= 11 is 0. The van der Waals surface area contributed by atoms with Crippen LogP contribution in [0.1, 0.15) is 77.0 Å². The average molecular weight is 861 g/mol. The Labute approximate surface area is 348 Å². The van der Waals surface area contributed by atoms with Gasteiger partial charge in [0, 0.05) is 81.1 Å². The standard InChI is InChI=1S/C18H28O4S2.C15H17NO5.C6H15NO2S2/c19-9-12-23-24-13-11-21-10-5-8-18(20)22-14-17-15-6-3-1-2-4-7-16(15)17;17-13-7-8-14(18)16(13)21-15(19)20-9-12-10-5-3-1-2-4-6-11(10)12;7-1-3-9-4-6-11-10-5-2-8/h15-17,19H,3-14H2;10-12H,3-9H2;8H,1-7H2. The number of hydrogen-bond acceptors (Lipinski definition) is 16. The van der Waals surface area contributed by atoms with E-state index in [1.807, 2.05) is 0 Å². The Bertz CT molecular complexity index is 1250. The number of carbonyl (C=O) groups excluding carboxylic acids is 4. The fourth-order valence-electron chi connectivity index (χ4n) is 6.85. The molecule has 0 radical (unpaired) electrons. The van der Waals surface area contributed by atoms with Crippen LogP contribution < -0.4 is 5.73 Å². The highest BCUT2D eigenvalue weighted by atomic mass is 33.1. The average Bonchev–Trinajstić information content (AvgIpc) is 4.00. The number of fused-ring (bicyclic) bond motifs is 2. The molecule has 0 aromatic rings. The molecule has 56 heavy (non-hydrogen) atoms. The van der Waals surface area contributed by atoms with Crippen LogP contribution in [0.2, 0.25) is 0 Å². The maximum atomic E-state index is 11.8. The zero-order chi connectivity index (χ0) is 40.2. The van der Waals surface area contributed by atoms with Crippen molar-refractivity contribution in [1.82, 2.24) is 5.06 Å². The Morgan fingerprint density at radius 3 is 1.57 bits per heavy atom. The molecule has 316 valence electrons. The lowest BCUT2D eigenvalue weighted by Gasteiger charge is -2.12. The van der Waals surface area contributed by atoms with E-state index in [0.29, 0.717) is 68.1 Å². The van der Waals surface area contributed by atoms with E-state index in [-0.39, 0.29) is 38.6 Å². The Morgan fingerprint density at radius 1 is 0.661 bits per heavy atom. The van der Waals surface area contributed by atoms with Gasteiger partial charge in [0.05, 0.1) is 46.2 Å². The number of nitrogens with two attached hydrogens (primary N) is 1. The first kappa shape index (κ1) is 48.6. The fraction of sp³-hybridized carbons (Fsp3) is 0.795. The van der Waals surface area contributed by atoms with Gasteiger partial charge in [0.2, 0.25) is 0 Å². The summed E-state index contributed by atoms with van der Waals surface area (Å²) in [5.74, 6) is 18.5. The first-order chi connectivity index (χ1) is 27.4. The minimum Gasteiger partial charge on any atom is -0.465 e. The molecule has 0 bridgehead atoms. The van der Waals surface area contributed by atoms with Crippen molar-refractivity contribution in [2.75, 3.05) is 82.4 Å². The predicted molar refractivity (Wildman–Crippen MR) is 222 cm³/mol. The molecule has 0 aromatic carbocycles. The molecule has 3 fully saturated rings. The Balaban J connectivity index is 0.000000241. The number of aliphatic hydroxyl groups is 2. The van der Waals surface area contributed by atoms with E-state index in [4.69, 9.17) is 34.9 Å². The summed E-state index contributed by atoms with van der Waals surface area (Å²) < 4.78 is 21.1. The van der Waals surface area contributed by atoms with E-state index < -0.39 is 18.0 Å². The van der Waals surface area contributed by atoms with Gasteiger partial charge in [-0.3, -0.25) is 19.2 Å². The highest BCUT2D eigenvalue weighted by Crippen LogP contribution is 2.53. The number of ether oxygens (including phenoxy) is 4. The third-order valence-corrected chi connectivity index (χ3v) is 14.4. The molecule has 17 heteroatoms. The maximum Gasteiger partial charge on any atom is 0.533 e. The molecule has 4 N–H and O–H groups in total. The molecule has 4 unspecified atom stereocenters. The van der Waals surface area contributed by atoms with Gasteiger partial charge in [0.25, 0.3) is 11.8 Å². The number of nitrogens with zero attached hydrogens (tertiary/aromatic N) is 1. The van der Waals surface area contributed by atoms with Crippen LogP contribution in [0.15, 0.2) is 0 Å². The zero-order valence-electron chi connectivity index (χ0n) is 32.4. The molecule has 1 heterocycles. The summed E-state index contributed by atoms with van der Waals surface area (Å²) in [5.41, 5.74) is 5.22. The van der Waals surface area contributed by atoms with Gasteiger partial charge in [-0.25, -0.2) is 4.79 Å². The second-order valence-corrected chi connectivity index (χ2v) is 19.0. The first-order valence-corrected chi connectivity index (χ1v) is 24.7. The minimum absolute atomic E-state index is 0.0822. The van der Waals surface area contributed by atoms with E-state index in [1.54, 1.807) is 43.2 Å². The number of rotatable bonds is 23. The molecule has 5 rings (SSSR count).